The number of carbonyl (C=O) groups is 2. The third kappa shape index (κ3) is 2.15. The summed E-state index contributed by atoms with van der Waals surface area (Å²) in [6.45, 7) is 2.25. The Morgan fingerprint density at radius 3 is 3.06 bits per heavy atom. The zero-order valence-corrected chi connectivity index (χ0v) is 10.3. The molecule has 1 aromatic rings. The zero-order valence-electron chi connectivity index (χ0n) is 10.3. The number of imidazole rings is 1. The smallest absolute Gasteiger partial charge is 0.410 e. The molecular weight excluding hydrogens is 238 g/mol. The van der Waals surface area contributed by atoms with E-state index >= 15 is 0 Å². The van der Waals surface area contributed by atoms with Gasteiger partial charge in [0.2, 0.25) is 0 Å². The summed E-state index contributed by atoms with van der Waals surface area (Å²) in [5.41, 5.74) is 1.61. The van der Waals surface area contributed by atoms with Gasteiger partial charge in [0.05, 0.1) is 38.0 Å². The van der Waals surface area contributed by atoms with Crippen LogP contribution in [0.25, 0.3) is 0 Å². The molecule has 2 rings (SSSR count). The molecule has 1 aliphatic rings. The summed E-state index contributed by atoms with van der Waals surface area (Å²) in [7, 11) is 1.30. The SMILES string of the molecule is CCOC(=O)N1Cc2[nH]cnc2CC1C(=O)OC. The van der Waals surface area contributed by atoms with Crippen LogP contribution >= 0.6 is 0 Å². The highest BCUT2D eigenvalue weighted by atomic mass is 16.6. The van der Waals surface area contributed by atoms with Gasteiger partial charge in [-0.1, -0.05) is 0 Å². The molecular formula is C11H15N3O4. The van der Waals surface area contributed by atoms with Gasteiger partial charge < -0.3 is 14.5 Å². The molecule has 18 heavy (non-hydrogen) atoms. The van der Waals surface area contributed by atoms with Gasteiger partial charge in [0.1, 0.15) is 6.04 Å². The van der Waals surface area contributed by atoms with Crippen LogP contribution in [0.2, 0.25) is 0 Å². The Morgan fingerprint density at radius 1 is 1.61 bits per heavy atom. The number of hydrogen-bond acceptors (Lipinski definition) is 5. The predicted octanol–water partition coefficient (Wildman–Crippen LogP) is 0.466. The number of rotatable bonds is 2. The first-order chi connectivity index (χ1) is 8.67. The van der Waals surface area contributed by atoms with Gasteiger partial charge in [0.25, 0.3) is 0 Å². The lowest BCUT2D eigenvalue weighted by molar-refractivity contribution is -0.147. The molecule has 0 aromatic carbocycles. The molecule has 7 heteroatoms. The topological polar surface area (TPSA) is 84.5 Å². The van der Waals surface area contributed by atoms with E-state index in [0.29, 0.717) is 6.42 Å². The fraction of sp³-hybridized carbons (Fsp3) is 0.545. The number of H-pyrrole nitrogens is 1. The number of carbonyl (C=O) groups excluding carboxylic acids is 2. The van der Waals surface area contributed by atoms with Gasteiger partial charge in [-0.15, -0.1) is 0 Å². The Labute approximate surface area is 104 Å². The van der Waals surface area contributed by atoms with Crippen molar-refractivity contribution in [2.75, 3.05) is 13.7 Å². The minimum atomic E-state index is -0.676. The molecule has 1 amide bonds. The summed E-state index contributed by atoms with van der Waals surface area (Å²) >= 11 is 0. The Bertz CT molecular complexity index is 457. The predicted molar refractivity (Wildman–Crippen MR) is 60.7 cm³/mol. The standard InChI is InChI=1S/C11H15N3O4/c1-3-18-11(16)14-5-8-7(12-6-13-8)4-9(14)10(15)17-2/h6,9H,3-5H2,1-2H3,(H,12,13). The average Bonchev–Trinajstić information content (AvgIpc) is 2.83. The number of nitrogens with zero attached hydrogens (tertiary/aromatic N) is 2. The van der Waals surface area contributed by atoms with Gasteiger partial charge in [-0.2, -0.15) is 0 Å². The first-order valence-corrected chi connectivity index (χ1v) is 5.69. The Kier molecular flexibility index (Phi) is 3.50. The van der Waals surface area contributed by atoms with E-state index in [1.165, 1.54) is 12.0 Å². The lowest BCUT2D eigenvalue weighted by atomic mass is 10.0. The average molecular weight is 253 g/mol. The van der Waals surface area contributed by atoms with Gasteiger partial charge in [-0.25, -0.2) is 14.6 Å². The number of fused-ring (bicyclic) bond motifs is 1. The summed E-state index contributed by atoms with van der Waals surface area (Å²) in [5.74, 6) is -0.461. The van der Waals surface area contributed by atoms with Gasteiger partial charge in [0.15, 0.2) is 0 Å². The van der Waals surface area contributed by atoms with Crippen molar-refractivity contribution in [3.8, 4) is 0 Å². The number of ether oxygens (including phenoxy) is 2. The van der Waals surface area contributed by atoms with E-state index in [0.717, 1.165) is 11.4 Å². The van der Waals surface area contributed by atoms with Crippen molar-refractivity contribution in [1.29, 1.82) is 0 Å². The maximum Gasteiger partial charge on any atom is 0.410 e. The van der Waals surface area contributed by atoms with Crippen LogP contribution in [0, 0.1) is 0 Å². The summed E-state index contributed by atoms with van der Waals surface area (Å²) in [6, 6.07) is -0.676. The van der Waals surface area contributed by atoms with Gasteiger partial charge in [-0.05, 0) is 6.92 Å². The monoisotopic (exact) mass is 253 g/mol. The maximum absolute atomic E-state index is 11.8. The van der Waals surface area contributed by atoms with Gasteiger partial charge in [0, 0.05) is 6.42 Å². The van der Waals surface area contributed by atoms with E-state index in [9.17, 15) is 9.59 Å². The van der Waals surface area contributed by atoms with Crippen molar-refractivity contribution < 1.29 is 19.1 Å². The third-order valence-corrected chi connectivity index (χ3v) is 2.87. The van der Waals surface area contributed by atoms with E-state index < -0.39 is 18.1 Å². The molecule has 0 saturated heterocycles. The number of aromatic amines is 1. The lowest BCUT2D eigenvalue weighted by Crippen LogP contribution is -2.49. The highest BCUT2D eigenvalue weighted by Gasteiger charge is 2.37. The summed E-state index contributed by atoms with van der Waals surface area (Å²) < 4.78 is 9.66. The van der Waals surface area contributed by atoms with Crippen LogP contribution in [0.15, 0.2) is 6.33 Å². The molecule has 7 nitrogen and oxygen atoms in total. The van der Waals surface area contributed by atoms with Crippen LogP contribution in [0.1, 0.15) is 18.3 Å². The summed E-state index contributed by atoms with van der Waals surface area (Å²) in [4.78, 5) is 32.0. The van der Waals surface area contributed by atoms with Crippen LogP contribution < -0.4 is 0 Å². The largest absolute Gasteiger partial charge is 0.467 e. The van der Waals surface area contributed by atoms with Crippen LogP contribution in [0.5, 0.6) is 0 Å². The maximum atomic E-state index is 11.8. The molecule has 1 aliphatic heterocycles. The Morgan fingerprint density at radius 2 is 2.39 bits per heavy atom. The van der Waals surface area contributed by atoms with Crippen LogP contribution in [0.4, 0.5) is 4.79 Å². The van der Waals surface area contributed by atoms with E-state index in [1.807, 2.05) is 0 Å². The second kappa shape index (κ2) is 5.07. The Balaban J connectivity index is 2.24. The number of esters is 1. The fourth-order valence-corrected chi connectivity index (χ4v) is 1.98. The number of methoxy groups -OCH3 is 1. The zero-order chi connectivity index (χ0) is 13.1. The number of hydrogen-bond donors (Lipinski definition) is 1. The van der Waals surface area contributed by atoms with E-state index in [2.05, 4.69) is 9.97 Å². The number of nitrogens with one attached hydrogen (secondary N) is 1. The quantitative estimate of drug-likeness (QED) is 0.774. The van der Waals surface area contributed by atoms with Crippen LogP contribution in [-0.2, 0) is 27.2 Å². The molecule has 0 fully saturated rings. The van der Waals surface area contributed by atoms with Gasteiger partial charge >= 0.3 is 12.1 Å². The van der Waals surface area contributed by atoms with Crippen molar-refractivity contribution in [2.45, 2.75) is 25.9 Å². The Hall–Kier alpha value is -2.05. The fourth-order valence-electron chi connectivity index (χ4n) is 1.98. The first kappa shape index (κ1) is 12.4. The molecule has 0 spiro atoms. The highest BCUT2D eigenvalue weighted by molar-refractivity contribution is 5.82. The summed E-state index contributed by atoms with van der Waals surface area (Å²) in [5, 5.41) is 0. The molecule has 1 N–H and O–H groups in total. The number of aromatic nitrogens is 2. The van der Waals surface area contributed by atoms with E-state index in [4.69, 9.17) is 9.47 Å². The van der Waals surface area contributed by atoms with Crippen molar-refractivity contribution in [3.05, 3.63) is 17.7 Å². The molecule has 2 heterocycles. The second-order valence-electron chi connectivity index (χ2n) is 3.90. The first-order valence-electron chi connectivity index (χ1n) is 5.69. The van der Waals surface area contributed by atoms with Crippen molar-refractivity contribution >= 4 is 12.1 Å². The molecule has 0 bridgehead atoms. The van der Waals surface area contributed by atoms with Crippen LogP contribution in [-0.4, -0.2) is 46.7 Å². The van der Waals surface area contributed by atoms with E-state index in [1.54, 1.807) is 13.3 Å². The minimum Gasteiger partial charge on any atom is -0.467 e. The van der Waals surface area contributed by atoms with Crippen molar-refractivity contribution in [2.24, 2.45) is 0 Å². The molecule has 1 atom stereocenters. The van der Waals surface area contributed by atoms with E-state index in [-0.39, 0.29) is 13.2 Å². The summed E-state index contributed by atoms with van der Waals surface area (Å²) in [6.07, 6.45) is 1.37. The van der Waals surface area contributed by atoms with Crippen molar-refractivity contribution in [1.82, 2.24) is 14.9 Å². The van der Waals surface area contributed by atoms with Crippen molar-refractivity contribution in [3.63, 3.8) is 0 Å². The highest BCUT2D eigenvalue weighted by Crippen LogP contribution is 2.22. The second-order valence-corrected chi connectivity index (χ2v) is 3.90. The molecule has 1 unspecified atom stereocenters. The minimum absolute atomic E-state index is 0.263. The molecule has 0 radical (unpaired) electrons. The molecule has 1 aromatic heterocycles. The normalized spacial score (nSPS) is 18.1. The number of amides is 1. The van der Waals surface area contributed by atoms with Gasteiger partial charge in [-0.3, -0.25) is 4.90 Å². The molecule has 0 saturated carbocycles. The lowest BCUT2D eigenvalue weighted by Gasteiger charge is -2.32. The molecule has 98 valence electrons. The molecule has 0 aliphatic carbocycles. The third-order valence-electron chi connectivity index (χ3n) is 2.87. The van der Waals surface area contributed by atoms with Crippen LogP contribution in [0.3, 0.4) is 0 Å².